The number of carbonyl (C=O) groups is 1. The molecule has 3 atom stereocenters. The third-order valence-electron chi connectivity index (χ3n) is 5.04. The monoisotopic (exact) mass is 380 g/mol. The molecule has 138 valence electrons. The summed E-state index contributed by atoms with van der Waals surface area (Å²) in [6, 6.07) is 16.6. The minimum atomic E-state index is -0.225. The summed E-state index contributed by atoms with van der Waals surface area (Å²) in [6.45, 7) is 3.95. The molecule has 1 saturated carbocycles. The molecule has 0 spiro atoms. The lowest BCUT2D eigenvalue weighted by Gasteiger charge is -2.13. The molecule has 0 bridgehead atoms. The van der Waals surface area contributed by atoms with Crippen LogP contribution in [0.4, 0.5) is 4.39 Å². The summed E-state index contributed by atoms with van der Waals surface area (Å²) in [6.07, 6.45) is 0.705. The highest BCUT2D eigenvalue weighted by molar-refractivity contribution is 7.15. The van der Waals surface area contributed by atoms with Gasteiger partial charge in [0.2, 0.25) is 5.91 Å². The van der Waals surface area contributed by atoms with Crippen molar-refractivity contribution in [2.45, 2.75) is 32.2 Å². The van der Waals surface area contributed by atoms with Crippen LogP contribution in [0.1, 0.15) is 41.4 Å². The second-order valence-electron chi connectivity index (χ2n) is 7.04. The Morgan fingerprint density at radius 3 is 2.63 bits per heavy atom. The topological polar surface area (TPSA) is 42.0 Å². The minimum absolute atomic E-state index is 0.00943. The zero-order chi connectivity index (χ0) is 19.0. The Labute approximate surface area is 162 Å². The van der Waals surface area contributed by atoms with Crippen LogP contribution >= 0.6 is 11.3 Å². The summed E-state index contributed by atoms with van der Waals surface area (Å²) in [7, 11) is 0. The fraction of sp³-hybridized carbons (Fsp3) is 0.273. The normalized spacial score (nSPS) is 19.5. The molecule has 1 heterocycles. The van der Waals surface area contributed by atoms with Gasteiger partial charge in [-0.2, -0.15) is 0 Å². The molecule has 2 aromatic carbocycles. The lowest BCUT2D eigenvalue weighted by atomic mass is 10.1. The minimum Gasteiger partial charge on any atom is -0.348 e. The van der Waals surface area contributed by atoms with E-state index in [1.54, 1.807) is 23.5 Å². The first kappa shape index (κ1) is 17.9. The average Bonchev–Trinajstić information content (AvgIpc) is 3.37. The molecule has 1 N–H and O–H groups in total. The van der Waals surface area contributed by atoms with E-state index in [1.165, 1.54) is 6.07 Å². The summed E-state index contributed by atoms with van der Waals surface area (Å²) in [5.41, 5.74) is 2.66. The third kappa shape index (κ3) is 3.65. The van der Waals surface area contributed by atoms with Gasteiger partial charge in [-0.25, -0.2) is 9.37 Å². The number of carbonyl (C=O) groups excluding carboxylic acids is 1. The van der Waals surface area contributed by atoms with Crippen molar-refractivity contribution < 1.29 is 9.18 Å². The van der Waals surface area contributed by atoms with Crippen molar-refractivity contribution in [1.82, 2.24) is 10.3 Å². The van der Waals surface area contributed by atoms with Crippen LogP contribution in [0.25, 0.3) is 10.6 Å². The smallest absolute Gasteiger partial charge is 0.224 e. The first-order valence-electron chi connectivity index (χ1n) is 9.12. The van der Waals surface area contributed by atoms with Gasteiger partial charge in [-0.15, -0.1) is 11.3 Å². The molecule has 4 rings (SSSR count). The molecule has 3 aromatic rings. The lowest BCUT2D eigenvalue weighted by Crippen LogP contribution is -2.28. The first-order valence-corrected chi connectivity index (χ1v) is 9.93. The number of benzene rings is 2. The van der Waals surface area contributed by atoms with Gasteiger partial charge in [-0.1, -0.05) is 48.5 Å². The maximum atomic E-state index is 13.9. The molecular weight excluding hydrogens is 359 g/mol. The average molecular weight is 380 g/mol. The molecule has 5 heteroatoms. The highest BCUT2D eigenvalue weighted by atomic mass is 32.1. The lowest BCUT2D eigenvalue weighted by molar-refractivity contribution is -0.123. The van der Waals surface area contributed by atoms with Crippen LogP contribution in [-0.2, 0) is 4.79 Å². The molecule has 1 aliphatic rings. The highest BCUT2D eigenvalue weighted by Crippen LogP contribution is 2.48. The summed E-state index contributed by atoms with van der Waals surface area (Å²) >= 11 is 1.61. The summed E-state index contributed by atoms with van der Waals surface area (Å²) in [5, 5.41) is 4.05. The molecule has 3 unspecified atom stereocenters. The Bertz CT molecular complexity index is 969. The highest BCUT2D eigenvalue weighted by Gasteiger charge is 2.45. The Hall–Kier alpha value is -2.53. The van der Waals surface area contributed by atoms with Gasteiger partial charge in [0.25, 0.3) is 0 Å². The molecule has 0 aliphatic heterocycles. The largest absolute Gasteiger partial charge is 0.348 e. The van der Waals surface area contributed by atoms with Gasteiger partial charge in [0.1, 0.15) is 10.8 Å². The number of rotatable bonds is 5. The molecule has 0 radical (unpaired) electrons. The van der Waals surface area contributed by atoms with Crippen LogP contribution in [0.3, 0.4) is 0 Å². The van der Waals surface area contributed by atoms with E-state index < -0.39 is 0 Å². The van der Waals surface area contributed by atoms with Crippen molar-refractivity contribution >= 4 is 17.2 Å². The van der Waals surface area contributed by atoms with Crippen LogP contribution in [0.5, 0.6) is 0 Å². The fourth-order valence-corrected chi connectivity index (χ4v) is 4.58. The van der Waals surface area contributed by atoms with E-state index in [1.807, 2.05) is 50.2 Å². The van der Waals surface area contributed by atoms with E-state index >= 15 is 0 Å². The molecule has 1 aliphatic carbocycles. The molecule has 1 aromatic heterocycles. The van der Waals surface area contributed by atoms with Crippen molar-refractivity contribution in [2.24, 2.45) is 5.92 Å². The number of amides is 1. The van der Waals surface area contributed by atoms with Gasteiger partial charge in [-0.3, -0.25) is 4.79 Å². The number of nitrogens with one attached hydrogen (secondary N) is 1. The number of aromatic nitrogens is 1. The zero-order valence-corrected chi connectivity index (χ0v) is 16.1. The van der Waals surface area contributed by atoms with Crippen molar-refractivity contribution in [3.8, 4) is 10.6 Å². The number of nitrogens with zero attached hydrogens (tertiary/aromatic N) is 1. The zero-order valence-electron chi connectivity index (χ0n) is 15.3. The second kappa shape index (κ2) is 7.24. The maximum Gasteiger partial charge on any atom is 0.224 e. The van der Waals surface area contributed by atoms with Crippen molar-refractivity contribution in [2.75, 3.05) is 0 Å². The van der Waals surface area contributed by atoms with E-state index in [-0.39, 0.29) is 29.6 Å². The Balaban J connectivity index is 1.44. The number of aryl methyl sites for hydroxylation is 1. The maximum absolute atomic E-state index is 13.9. The number of halogens is 1. The van der Waals surface area contributed by atoms with Gasteiger partial charge in [0.15, 0.2) is 0 Å². The molecular formula is C22H21FN2OS. The van der Waals surface area contributed by atoms with E-state index in [2.05, 4.69) is 10.3 Å². The van der Waals surface area contributed by atoms with Crippen LogP contribution in [0, 0.1) is 18.7 Å². The van der Waals surface area contributed by atoms with Gasteiger partial charge < -0.3 is 5.32 Å². The fourth-order valence-electron chi connectivity index (χ4n) is 3.50. The molecule has 27 heavy (non-hydrogen) atoms. The second-order valence-corrected chi connectivity index (χ2v) is 8.07. The Morgan fingerprint density at radius 1 is 1.19 bits per heavy atom. The third-order valence-corrected chi connectivity index (χ3v) is 6.43. The van der Waals surface area contributed by atoms with Crippen LogP contribution < -0.4 is 5.32 Å². The SMILES string of the molecule is Cc1nc(-c2ccccc2)sc1C(C)NC(=O)C1CC1c1ccccc1F. The van der Waals surface area contributed by atoms with Crippen molar-refractivity contribution in [3.05, 3.63) is 76.5 Å². The quantitative estimate of drug-likeness (QED) is 0.658. The first-order chi connectivity index (χ1) is 13.0. The molecule has 1 fully saturated rings. The van der Waals surface area contributed by atoms with Gasteiger partial charge in [0.05, 0.1) is 16.6 Å². The standard InChI is InChI=1S/C22H21FN2OS/c1-13(20-14(2)25-22(27-20)15-8-4-3-5-9-15)24-21(26)18-12-17(18)16-10-6-7-11-19(16)23/h3-11,13,17-18H,12H2,1-2H3,(H,24,26). The van der Waals surface area contributed by atoms with Crippen molar-refractivity contribution in [1.29, 1.82) is 0 Å². The number of hydrogen-bond donors (Lipinski definition) is 1. The summed E-state index contributed by atoms with van der Waals surface area (Å²) in [4.78, 5) is 18.3. The Morgan fingerprint density at radius 2 is 1.89 bits per heavy atom. The number of thiazole rings is 1. The van der Waals surface area contributed by atoms with Crippen LogP contribution in [0.15, 0.2) is 54.6 Å². The molecule has 3 nitrogen and oxygen atoms in total. The van der Waals surface area contributed by atoms with Gasteiger partial charge in [0, 0.05) is 11.5 Å². The summed E-state index contributed by atoms with van der Waals surface area (Å²) < 4.78 is 13.9. The van der Waals surface area contributed by atoms with E-state index in [0.29, 0.717) is 12.0 Å². The predicted molar refractivity (Wildman–Crippen MR) is 106 cm³/mol. The van der Waals surface area contributed by atoms with Crippen LogP contribution in [-0.4, -0.2) is 10.9 Å². The van der Waals surface area contributed by atoms with E-state index in [9.17, 15) is 9.18 Å². The number of hydrogen-bond acceptors (Lipinski definition) is 3. The van der Waals surface area contributed by atoms with Crippen molar-refractivity contribution in [3.63, 3.8) is 0 Å². The van der Waals surface area contributed by atoms with Crippen LogP contribution in [0.2, 0.25) is 0 Å². The van der Waals surface area contributed by atoms with Gasteiger partial charge >= 0.3 is 0 Å². The molecule has 0 saturated heterocycles. The molecule has 1 amide bonds. The van der Waals surface area contributed by atoms with E-state index in [0.717, 1.165) is 21.1 Å². The predicted octanol–water partition coefficient (Wildman–Crippen LogP) is 5.24. The van der Waals surface area contributed by atoms with E-state index in [4.69, 9.17) is 0 Å². The van der Waals surface area contributed by atoms with Gasteiger partial charge in [-0.05, 0) is 37.8 Å². The Kier molecular flexibility index (Phi) is 4.79. The summed E-state index contributed by atoms with van der Waals surface area (Å²) in [5.74, 6) is -0.395.